The lowest BCUT2D eigenvalue weighted by Crippen LogP contribution is -2.26. The van der Waals surface area contributed by atoms with E-state index in [1.807, 2.05) is 6.92 Å². The molecule has 0 spiro atoms. The first-order valence-corrected chi connectivity index (χ1v) is 5.92. The fourth-order valence-corrected chi connectivity index (χ4v) is 3.05. The minimum atomic E-state index is 0.140. The molecular weight excluding hydrogens is 265 g/mol. The Labute approximate surface area is 102 Å². The molecule has 1 aromatic heterocycles. The summed E-state index contributed by atoms with van der Waals surface area (Å²) >= 11 is 19.1. The summed E-state index contributed by atoms with van der Waals surface area (Å²) in [7, 11) is 1.57. The van der Waals surface area contributed by atoms with E-state index in [0.29, 0.717) is 20.1 Å². The Hall–Kier alpha value is 0.490. The van der Waals surface area contributed by atoms with Gasteiger partial charge in [0.25, 0.3) is 0 Å². The fraction of sp³-hybridized carbons (Fsp3) is 0.500. The van der Waals surface area contributed by atoms with Crippen molar-refractivity contribution in [3.05, 3.63) is 19.3 Å². The second kappa shape index (κ2) is 5.54. The molecule has 2 nitrogen and oxygen atoms in total. The van der Waals surface area contributed by atoms with E-state index in [9.17, 15) is 0 Å². The lowest BCUT2D eigenvalue weighted by molar-refractivity contribution is 0.0661. The van der Waals surface area contributed by atoms with Crippen LogP contribution in [0.4, 0.5) is 0 Å². The van der Waals surface area contributed by atoms with E-state index in [-0.39, 0.29) is 6.04 Å². The van der Waals surface area contributed by atoms with Crippen LogP contribution in [0.15, 0.2) is 0 Å². The molecule has 0 saturated heterocycles. The van der Waals surface area contributed by atoms with E-state index in [2.05, 4.69) is 5.48 Å². The molecule has 1 aromatic rings. The highest BCUT2D eigenvalue weighted by Crippen LogP contribution is 2.40. The van der Waals surface area contributed by atoms with Crippen molar-refractivity contribution >= 4 is 46.1 Å². The Morgan fingerprint density at radius 1 is 1.36 bits per heavy atom. The monoisotopic (exact) mass is 273 g/mol. The molecule has 1 rings (SSSR count). The van der Waals surface area contributed by atoms with Gasteiger partial charge in [-0.15, -0.1) is 11.3 Å². The first kappa shape index (κ1) is 12.6. The van der Waals surface area contributed by atoms with Crippen molar-refractivity contribution in [1.82, 2.24) is 5.48 Å². The molecule has 0 bridgehead atoms. The SMILES string of the molecule is CONC(C)Cc1c(Cl)sc(Cl)c1Cl. The summed E-state index contributed by atoms with van der Waals surface area (Å²) < 4.78 is 1.18. The fourth-order valence-electron chi connectivity index (χ4n) is 1.11. The number of hydroxylamine groups is 1. The number of rotatable bonds is 4. The van der Waals surface area contributed by atoms with E-state index in [0.717, 1.165) is 5.56 Å². The summed E-state index contributed by atoms with van der Waals surface area (Å²) in [4.78, 5) is 4.80. The zero-order chi connectivity index (χ0) is 10.7. The first-order chi connectivity index (χ1) is 6.56. The number of halogens is 3. The van der Waals surface area contributed by atoms with Gasteiger partial charge in [-0.3, -0.25) is 0 Å². The molecule has 1 unspecified atom stereocenters. The van der Waals surface area contributed by atoms with Crippen molar-refractivity contribution in [2.24, 2.45) is 0 Å². The summed E-state index contributed by atoms with van der Waals surface area (Å²) in [6.07, 6.45) is 0.689. The molecule has 1 atom stereocenters. The van der Waals surface area contributed by atoms with Crippen LogP contribution in [-0.2, 0) is 11.3 Å². The molecular formula is C8H10Cl3NOS. The van der Waals surface area contributed by atoms with Gasteiger partial charge in [0, 0.05) is 11.6 Å². The van der Waals surface area contributed by atoms with Crippen LogP contribution < -0.4 is 5.48 Å². The molecule has 1 N–H and O–H groups in total. The normalized spacial score (nSPS) is 13.2. The van der Waals surface area contributed by atoms with Gasteiger partial charge in [-0.1, -0.05) is 34.8 Å². The van der Waals surface area contributed by atoms with E-state index in [1.165, 1.54) is 11.3 Å². The maximum Gasteiger partial charge on any atom is 0.113 e. The van der Waals surface area contributed by atoms with Crippen LogP contribution in [0.3, 0.4) is 0 Å². The Morgan fingerprint density at radius 3 is 2.43 bits per heavy atom. The molecule has 0 amide bonds. The summed E-state index contributed by atoms with van der Waals surface area (Å²) in [6, 6.07) is 0.140. The highest BCUT2D eigenvalue weighted by Gasteiger charge is 2.16. The van der Waals surface area contributed by atoms with Gasteiger partial charge in [0.1, 0.15) is 4.34 Å². The van der Waals surface area contributed by atoms with Crippen LogP contribution in [0.2, 0.25) is 13.7 Å². The minimum absolute atomic E-state index is 0.140. The lowest BCUT2D eigenvalue weighted by Gasteiger charge is -2.11. The van der Waals surface area contributed by atoms with Gasteiger partial charge in [-0.05, 0) is 13.3 Å². The third-order valence-corrected chi connectivity index (χ3v) is 4.00. The van der Waals surface area contributed by atoms with E-state index < -0.39 is 0 Å². The van der Waals surface area contributed by atoms with Crippen LogP contribution in [0.25, 0.3) is 0 Å². The summed E-state index contributed by atoms with van der Waals surface area (Å²) in [5, 5.41) is 0.548. The zero-order valence-electron chi connectivity index (χ0n) is 7.73. The van der Waals surface area contributed by atoms with Crippen LogP contribution in [0, 0.1) is 0 Å². The van der Waals surface area contributed by atoms with Crippen molar-refractivity contribution in [3.8, 4) is 0 Å². The number of thiophene rings is 1. The average molecular weight is 275 g/mol. The Bertz CT molecular complexity index is 316. The Kier molecular flexibility index (Phi) is 4.97. The van der Waals surface area contributed by atoms with Crippen LogP contribution in [0.5, 0.6) is 0 Å². The van der Waals surface area contributed by atoms with E-state index in [4.69, 9.17) is 39.6 Å². The topological polar surface area (TPSA) is 21.3 Å². The van der Waals surface area contributed by atoms with Gasteiger partial charge in [0.15, 0.2) is 0 Å². The standard InChI is InChI=1S/C8H10Cl3NOS/c1-4(12-13-2)3-5-6(9)8(11)14-7(5)10/h4,12H,3H2,1-2H3. The van der Waals surface area contributed by atoms with E-state index >= 15 is 0 Å². The van der Waals surface area contributed by atoms with Crippen LogP contribution in [-0.4, -0.2) is 13.2 Å². The number of nitrogens with one attached hydrogen (secondary N) is 1. The molecule has 14 heavy (non-hydrogen) atoms. The third kappa shape index (κ3) is 2.99. The molecule has 1 heterocycles. The first-order valence-electron chi connectivity index (χ1n) is 3.97. The Morgan fingerprint density at radius 2 is 2.00 bits per heavy atom. The zero-order valence-corrected chi connectivity index (χ0v) is 10.8. The maximum absolute atomic E-state index is 5.98. The molecule has 6 heteroatoms. The van der Waals surface area contributed by atoms with Gasteiger partial charge < -0.3 is 4.84 Å². The summed E-state index contributed by atoms with van der Waals surface area (Å²) in [6.45, 7) is 1.97. The maximum atomic E-state index is 5.98. The summed E-state index contributed by atoms with van der Waals surface area (Å²) in [5.74, 6) is 0. The number of hydrogen-bond donors (Lipinski definition) is 1. The smallest absolute Gasteiger partial charge is 0.113 e. The third-order valence-electron chi connectivity index (χ3n) is 1.68. The average Bonchev–Trinajstić information content (AvgIpc) is 2.33. The lowest BCUT2D eigenvalue weighted by atomic mass is 10.1. The second-order valence-electron chi connectivity index (χ2n) is 2.87. The van der Waals surface area contributed by atoms with Crippen LogP contribution >= 0.6 is 46.1 Å². The minimum Gasteiger partial charge on any atom is -0.305 e. The molecule has 0 aromatic carbocycles. The van der Waals surface area contributed by atoms with E-state index in [1.54, 1.807) is 7.11 Å². The van der Waals surface area contributed by atoms with Crippen molar-refractivity contribution in [2.45, 2.75) is 19.4 Å². The molecule has 0 saturated carbocycles. The van der Waals surface area contributed by atoms with Gasteiger partial charge in [-0.2, -0.15) is 5.48 Å². The van der Waals surface area contributed by atoms with Crippen molar-refractivity contribution in [3.63, 3.8) is 0 Å². The molecule has 0 radical (unpaired) electrons. The van der Waals surface area contributed by atoms with Gasteiger partial charge in [0.2, 0.25) is 0 Å². The van der Waals surface area contributed by atoms with Crippen molar-refractivity contribution in [1.29, 1.82) is 0 Å². The largest absolute Gasteiger partial charge is 0.305 e. The second-order valence-corrected chi connectivity index (χ2v) is 5.47. The highest BCUT2D eigenvalue weighted by atomic mass is 35.5. The van der Waals surface area contributed by atoms with Crippen molar-refractivity contribution < 1.29 is 4.84 Å². The van der Waals surface area contributed by atoms with Gasteiger partial charge in [0.05, 0.1) is 16.5 Å². The molecule has 0 aliphatic heterocycles. The van der Waals surface area contributed by atoms with Crippen LogP contribution in [0.1, 0.15) is 12.5 Å². The number of hydrogen-bond acceptors (Lipinski definition) is 3. The molecule has 0 fully saturated rings. The highest BCUT2D eigenvalue weighted by molar-refractivity contribution is 7.20. The van der Waals surface area contributed by atoms with Crippen molar-refractivity contribution in [2.75, 3.05) is 7.11 Å². The Balaban J connectivity index is 2.75. The predicted molar refractivity (Wildman–Crippen MR) is 62.7 cm³/mol. The quantitative estimate of drug-likeness (QED) is 0.844. The van der Waals surface area contributed by atoms with Gasteiger partial charge >= 0.3 is 0 Å². The molecule has 0 aliphatic rings. The predicted octanol–water partition coefficient (Wildman–Crippen LogP) is 3.79. The molecule has 0 aliphatic carbocycles. The van der Waals surface area contributed by atoms with Gasteiger partial charge in [-0.25, -0.2) is 0 Å². The molecule has 80 valence electrons. The summed E-state index contributed by atoms with van der Waals surface area (Å²) in [5.41, 5.74) is 3.68.